The highest BCUT2D eigenvalue weighted by Crippen LogP contribution is 2.41. The van der Waals surface area contributed by atoms with Crippen LogP contribution in [0.25, 0.3) is 30.3 Å². The molecule has 0 aliphatic carbocycles. The van der Waals surface area contributed by atoms with E-state index in [1.54, 1.807) is 0 Å². The van der Waals surface area contributed by atoms with Crippen molar-refractivity contribution >= 4 is 42.4 Å². The molecule has 0 radical (unpaired) electrons. The standard InChI is InChI=1S/C14H8N3S2/c1-2-10-11(16-4-1)12-14(18-10)17-7-8-6-15-5-3-9(8)13(17)19-12/h1-6H,7H2/q+1. The third kappa shape index (κ3) is 1.19. The van der Waals surface area contributed by atoms with Crippen molar-refractivity contribution < 1.29 is 4.57 Å². The summed E-state index contributed by atoms with van der Waals surface area (Å²) >= 11 is 3.68. The summed E-state index contributed by atoms with van der Waals surface area (Å²) in [6.45, 7) is 0.936. The lowest BCUT2D eigenvalue weighted by molar-refractivity contribution is -0.639. The zero-order chi connectivity index (χ0) is 12.4. The van der Waals surface area contributed by atoms with Crippen LogP contribution in [-0.2, 0) is 6.54 Å². The fourth-order valence-electron chi connectivity index (χ4n) is 2.69. The van der Waals surface area contributed by atoms with Gasteiger partial charge in [-0.05, 0) is 18.2 Å². The van der Waals surface area contributed by atoms with Gasteiger partial charge in [-0.15, -0.1) is 0 Å². The highest BCUT2D eigenvalue weighted by atomic mass is 32.1. The van der Waals surface area contributed by atoms with Gasteiger partial charge in [-0.1, -0.05) is 22.7 Å². The molecule has 3 nitrogen and oxygen atoms in total. The van der Waals surface area contributed by atoms with Crippen LogP contribution >= 0.6 is 22.7 Å². The number of thiazole rings is 1. The van der Waals surface area contributed by atoms with Crippen LogP contribution in [0.15, 0.2) is 36.8 Å². The molecule has 1 aliphatic heterocycles. The largest absolute Gasteiger partial charge is 0.283 e. The number of hydrogen-bond donors (Lipinski definition) is 0. The molecule has 0 N–H and O–H groups in total. The molecule has 5 heterocycles. The van der Waals surface area contributed by atoms with E-state index in [0.717, 1.165) is 12.1 Å². The molecule has 1 aliphatic rings. The van der Waals surface area contributed by atoms with Gasteiger partial charge in [-0.3, -0.25) is 9.97 Å². The number of thiophene rings is 1. The quantitative estimate of drug-likeness (QED) is 0.408. The molecule has 0 aromatic carbocycles. The Balaban J connectivity index is 1.93. The Morgan fingerprint density at radius 1 is 1.16 bits per heavy atom. The van der Waals surface area contributed by atoms with Gasteiger partial charge in [0.05, 0.1) is 10.3 Å². The van der Waals surface area contributed by atoms with Gasteiger partial charge in [0.2, 0.25) is 0 Å². The number of rotatable bonds is 0. The smallest absolute Gasteiger partial charge is 0.264 e. The molecule has 0 bridgehead atoms. The molecule has 0 fully saturated rings. The van der Waals surface area contributed by atoms with Crippen LogP contribution in [0.3, 0.4) is 0 Å². The minimum absolute atomic E-state index is 0.936. The molecule has 5 heteroatoms. The maximum atomic E-state index is 4.53. The molecule has 0 saturated heterocycles. The number of hydrogen-bond acceptors (Lipinski definition) is 4. The first-order chi connectivity index (χ1) is 9.42. The lowest BCUT2D eigenvalue weighted by Crippen LogP contribution is -2.29. The van der Waals surface area contributed by atoms with Crippen molar-refractivity contribution in [2.75, 3.05) is 0 Å². The summed E-state index contributed by atoms with van der Waals surface area (Å²) in [5.74, 6) is 0. The average Bonchev–Trinajstić information content (AvgIpc) is 3.07. The van der Waals surface area contributed by atoms with E-state index in [4.69, 9.17) is 0 Å². The van der Waals surface area contributed by atoms with Crippen molar-refractivity contribution in [1.82, 2.24) is 9.97 Å². The van der Waals surface area contributed by atoms with E-state index in [1.807, 2.05) is 47.3 Å². The molecule has 0 unspecified atom stereocenters. The van der Waals surface area contributed by atoms with E-state index in [0.29, 0.717) is 0 Å². The van der Waals surface area contributed by atoms with Crippen LogP contribution in [0.5, 0.6) is 0 Å². The van der Waals surface area contributed by atoms with E-state index < -0.39 is 0 Å². The highest BCUT2D eigenvalue weighted by molar-refractivity contribution is 7.32. The number of pyridine rings is 2. The Kier molecular flexibility index (Phi) is 1.78. The molecule has 0 amide bonds. The van der Waals surface area contributed by atoms with Crippen LogP contribution in [0.2, 0.25) is 0 Å². The van der Waals surface area contributed by atoms with Gasteiger partial charge in [0.25, 0.3) is 9.84 Å². The van der Waals surface area contributed by atoms with Gasteiger partial charge in [-0.25, -0.2) is 0 Å². The van der Waals surface area contributed by atoms with E-state index >= 15 is 0 Å². The summed E-state index contributed by atoms with van der Waals surface area (Å²) in [4.78, 5) is 10.1. The molecule has 0 spiro atoms. The third-order valence-electron chi connectivity index (χ3n) is 3.54. The van der Waals surface area contributed by atoms with Crippen molar-refractivity contribution in [2.45, 2.75) is 6.54 Å². The minimum atomic E-state index is 0.936. The number of nitrogens with zero attached hydrogens (tertiary/aromatic N) is 3. The molecule has 0 atom stereocenters. The number of aromatic nitrogens is 3. The minimum Gasteiger partial charge on any atom is -0.264 e. The Bertz CT molecular complexity index is 952. The third-order valence-corrected chi connectivity index (χ3v) is 6.06. The molecule has 90 valence electrons. The summed E-state index contributed by atoms with van der Waals surface area (Å²) in [5, 5.41) is 1.34. The lowest BCUT2D eigenvalue weighted by atomic mass is 10.2. The van der Waals surface area contributed by atoms with Gasteiger partial charge >= 0.3 is 0 Å². The first-order valence-electron chi connectivity index (χ1n) is 6.05. The second-order valence-electron chi connectivity index (χ2n) is 4.61. The van der Waals surface area contributed by atoms with E-state index in [-0.39, 0.29) is 0 Å². The van der Waals surface area contributed by atoms with Crippen molar-refractivity contribution in [3.63, 3.8) is 0 Å². The molecule has 4 aromatic rings. The molecule has 19 heavy (non-hydrogen) atoms. The fourth-order valence-corrected chi connectivity index (χ4v) is 5.34. The molecular weight excluding hydrogens is 274 g/mol. The van der Waals surface area contributed by atoms with Gasteiger partial charge in [0.1, 0.15) is 10.2 Å². The Morgan fingerprint density at radius 3 is 3.16 bits per heavy atom. The fraction of sp³-hybridized carbons (Fsp3) is 0.0714. The van der Waals surface area contributed by atoms with Gasteiger partial charge in [0, 0.05) is 24.2 Å². The lowest BCUT2D eigenvalue weighted by Gasteiger charge is -1.89. The Morgan fingerprint density at radius 2 is 2.16 bits per heavy atom. The van der Waals surface area contributed by atoms with E-state index in [2.05, 4.69) is 26.7 Å². The number of fused-ring (bicyclic) bond motifs is 7. The predicted octanol–water partition coefficient (Wildman–Crippen LogP) is 3.22. The summed E-state index contributed by atoms with van der Waals surface area (Å²) < 4.78 is 4.99. The van der Waals surface area contributed by atoms with Gasteiger partial charge < -0.3 is 0 Å². The van der Waals surface area contributed by atoms with E-state index in [1.165, 1.54) is 30.4 Å². The zero-order valence-electron chi connectivity index (χ0n) is 9.83. The van der Waals surface area contributed by atoms with Crippen LogP contribution in [0.4, 0.5) is 0 Å². The van der Waals surface area contributed by atoms with Gasteiger partial charge in [0.15, 0.2) is 6.54 Å². The monoisotopic (exact) mass is 282 g/mol. The van der Waals surface area contributed by atoms with E-state index in [9.17, 15) is 0 Å². The van der Waals surface area contributed by atoms with Gasteiger partial charge in [-0.2, -0.15) is 4.57 Å². The summed E-state index contributed by atoms with van der Waals surface area (Å²) in [6.07, 6.45) is 5.73. The Hall–Kier alpha value is -1.85. The first kappa shape index (κ1) is 10.00. The highest BCUT2D eigenvalue weighted by Gasteiger charge is 2.33. The van der Waals surface area contributed by atoms with Crippen molar-refractivity contribution in [1.29, 1.82) is 0 Å². The van der Waals surface area contributed by atoms with Crippen LogP contribution in [-0.4, -0.2) is 9.97 Å². The average molecular weight is 282 g/mol. The second kappa shape index (κ2) is 3.37. The second-order valence-corrected chi connectivity index (χ2v) is 6.64. The topological polar surface area (TPSA) is 29.7 Å². The van der Waals surface area contributed by atoms with Crippen LogP contribution in [0, 0.1) is 0 Å². The molecule has 4 aromatic heterocycles. The van der Waals surface area contributed by atoms with Crippen LogP contribution in [0.1, 0.15) is 5.56 Å². The summed E-state index contributed by atoms with van der Waals surface area (Å²) in [6, 6.07) is 6.27. The Labute approximate surface area is 116 Å². The first-order valence-corrected chi connectivity index (χ1v) is 7.68. The summed E-state index contributed by atoms with van der Waals surface area (Å²) in [5.41, 5.74) is 3.79. The SMILES string of the molecule is c1cnc2c(c1)sc1c2sc2[n+]1Cc1cnccc1-2. The van der Waals surface area contributed by atoms with Crippen molar-refractivity contribution in [3.05, 3.63) is 42.4 Å². The molecule has 5 rings (SSSR count). The molecule has 0 saturated carbocycles. The summed E-state index contributed by atoms with van der Waals surface area (Å²) in [7, 11) is 0. The maximum absolute atomic E-state index is 4.53. The molecular formula is C14H8N3S2+. The predicted molar refractivity (Wildman–Crippen MR) is 77.5 cm³/mol. The zero-order valence-corrected chi connectivity index (χ0v) is 11.5. The maximum Gasteiger partial charge on any atom is 0.283 e. The van der Waals surface area contributed by atoms with Crippen LogP contribution < -0.4 is 4.57 Å². The normalized spacial score (nSPS) is 13.1. The van der Waals surface area contributed by atoms with Crippen molar-refractivity contribution in [3.8, 4) is 10.6 Å². The van der Waals surface area contributed by atoms with Crippen molar-refractivity contribution in [2.24, 2.45) is 0 Å².